The molecule has 1 rings (SSSR count). The highest BCUT2D eigenvalue weighted by Gasteiger charge is 2.10. The fourth-order valence-electron chi connectivity index (χ4n) is 1.60. The SMILES string of the molecule is CCNCc1cccc(Br)c1OCC(=O)NCCOC. The molecule has 0 fully saturated rings. The third kappa shape index (κ3) is 5.90. The lowest BCUT2D eigenvalue weighted by Gasteiger charge is -2.13. The average Bonchev–Trinajstić information content (AvgIpc) is 2.44. The Balaban J connectivity index is 2.55. The number of hydrogen-bond acceptors (Lipinski definition) is 4. The first-order valence-electron chi connectivity index (χ1n) is 6.55. The van der Waals surface area contributed by atoms with E-state index in [1.54, 1.807) is 7.11 Å². The van der Waals surface area contributed by atoms with Crippen LogP contribution in [0.4, 0.5) is 0 Å². The summed E-state index contributed by atoms with van der Waals surface area (Å²) in [6, 6.07) is 5.82. The van der Waals surface area contributed by atoms with Crippen LogP contribution in [0.3, 0.4) is 0 Å². The van der Waals surface area contributed by atoms with Gasteiger partial charge in [-0.3, -0.25) is 4.79 Å². The van der Waals surface area contributed by atoms with Crippen molar-refractivity contribution in [1.82, 2.24) is 10.6 Å². The van der Waals surface area contributed by atoms with E-state index in [4.69, 9.17) is 9.47 Å². The lowest BCUT2D eigenvalue weighted by atomic mass is 10.2. The Hall–Kier alpha value is -1.11. The summed E-state index contributed by atoms with van der Waals surface area (Å²) in [5.41, 5.74) is 1.02. The summed E-state index contributed by atoms with van der Waals surface area (Å²) < 4.78 is 11.3. The van der Waals surface area contributed by atoms with E-state index in [-0.39, 0.29) is 12.5 Å². The Morgan fingerprint density at radius 1 is 1.40 bits per heavy atom. The average molecular weight is 345 g/mol. The normalized spacial score (nSPS) is 10.3. The van der Waals surface area contributed by atoms with Crippen molar-refractivity contribution < 1.29 is 14.3 Å². The van der Waals surface area contributed by atoms with E-state index in [1.165, 1.54) is 0 Å². The molecule has 0 heterocycles. The van der Waals surface area contributed by atoms with Crippen molar-refractivity contribution in [3.63, 3.8) is 0 Å². The standard InChI is InChI=1S/C14H21BrN2O3/c1-3-16-9-11-5-4-6-12(15)14(11)20-10-13(18)17-7-8-19-2/h4-6,16H,3,7-10H2,1-2H3,(H,17,18). The first kappa shape index (κ1) is 16.9. The monoisotopic (exact) mass is 344 g/mol. The smallest absolute Gasteiger partial charge is 0.258 e. The van der Waals surface area contributed by atoms with E-state index in [9.17, 15) is 4.79 Å². The zero-order chi connectivity index (χ0) is 14.8. The number of rotatable bonds is 9. The zero-order valence-electron chi connectivity index (χ0n) is 11.9. The number of halogens is 1. The Morgan fingerprint density at radius 3 is 2.90 bits per heavy atom. The number of ether oxygens (including phenoxy) is 2. The maximum absolute atomic E-state index is 11.6. The van der Waals surface area contributed by atoms with Crippen molar-refractivity contribution >= 4 is 21.8 Å². The Bertz CT molecular complexity index is 427. The fourth-order valence-corrected chi connectivity index (χ4v) is 2.12. The minimum atomic E-state index is -0.160. The molecule has 6 heteroatoms. The molecular weight excluding hydrogens is 324 g/mol. The van der Waals surface area contributed by atoms with Gasteiger partial charge in [-0.1, -0.05) is 19.1 Å². The van der Waals surface area contributed by atoms with Crippen LogP contribution in [0, 0.1) is 0 Å². The van der Waals surface area contributed by atoms with Crippen molar-refractivity contribution in [2.45, 2.75) is 13.5 Å². The lowest BCUT2D eigenvalue weighted by Crippen LogP contribution is -2.31. The second kappa shape index (κ2) is 9.74. The van der Waals surface area contributed by atoms with Crippen LogP contribution in [0.5, 0.6) is 5.75 Å². The van der Waals surface area contributed by atoms with Gasteiger partial charge in [0.1, 0.15) is 5.75 Å². The van der Waals surface area contributed by atoms with E-state index in [0.29, 0.717) is 25.4 Å². The molecule has 1 amide bonds. The predicted octanol–water partition coefficient (Wildman–Crippen LogP) is 1.70. The molecule has 0 saturated carbocycles. The highest BCUT2D eigenvalue weighted by Crippen LogP contribution is 2.28. The molecule has 0 atom stereocenters. The topological polar surface area (TPSA) is 59.6 Å². The van der Waals surface area contributed by atoms with Gasteiger partial charge < -0.3 is 20.1 Å². The number of methoxy groups -OCH3 is 1. The summed E-state index contributed by atoms with van der Waals surface area (Å²) in [4.78, 5) is 11.6. The van der Waals surface area contributed by atoms with E-state index >= 15 is 0 Å². The summed E-state index contributed by atoms with van der Waals surface area (Å²) in [5.74, 6) is 0.544. The molecule has 2 N–H and O–H groups in total. The van der Waals surface area contributed by atoms with Crippen molar-refractivity contribution in [3.05, 3.63) is 28.2 Å². The van der Waals surface area contributed by atoms with E-state index in [0.717, 1.165) is 16.6 Å². The van der Waals surface area contributed by atoms with Gasteiger partial charge in [-0.15, -0.1) is 0 Å². The van der Waals surface area contributed by atoms with Gasteiger partial charge in [-0.2, -0.15) is 0 Å². The highest BCUT2D eigenvalue weighted by atomic mass is 79.9. The maximum atomic E-state index is 11.6. The molecule has 20 heavy (non-hydrogen) atoms. The van der Waals surface area contributed by atoms with E-state index in [2.05, 4.69) is 26.6 Å². The molecule has 0 aromatic heterocycles. The van der Waals surface area contributed by atoms with E-state index < -0.39 is 0 Å². The maximum Gasteiger partial charge on any atom is 0.258 e. The molecule has 0 aliphatic rings. The van der Waals surface area contributed by atoms with Crippen LogP contribution in [0.25, 0.3) is 0 Å². The van der Waals surface area contributed by atoms with Gasteiger partial charge in [0.05, 0.1) is 11.1 Å². The van der Waals surface area contributed by atoms with Crippen molar-refractivity contribution in [3.8, 4) is 5.75 Å². The Kier molecular flexibility index (Phi) is 8.25. The van der Waals surface area contributed by atoms with Crippen LogP contribution in [-0.2, 0) is 16.1 Å². The van der Waals surface area contributed by atoms with Crippen LogP contribution < -0.4 is 15.4 Å². The second-order valence-corrected chi connectivity index (χ2v) is 4.99. The van der Waals surface area contributed by atoms with Gasteiger partial charge in [0.2, 0.25) is 0 Å². The first-order chi connectivity index (χ1) is 9.69. The molecular formula is C14H21BrN2O3. The quantitative estimate of drug-likeness (QED) is 0.669. The molecule has 112 valence electrons. The minimum absolute atomic E-state index is 0.00848. The van der Waals surface area contributed by atoms with Crippen molar-refractivity contribution in [2.24, 2.45) is 0 Å². The lowest BCUT2D eigenvalue weighted by molar-refractivity contribution is -0.123. The van der Waals surface area contributed by atoms with Gasteiger partial charge in [0.15, 0.2) is 6.61 Å². The molecule has 0 spiro atoms. The summed E-state index contributed by atoms with van der Waals surface area (Å²) >= 11 is 3.45. The van der Waals surface area contributed by atoms with Crippen molar-refractivity contribution in [1.29, 1.82) is 0 Å². The van der Waals surface area contributed by atoms with Crippen molar-refractivity contribution in [2.75, 3.05) is 33.4 Å². The first-order valence-corrected chi connectivity index (χ1v) is 7.34. The van der Waals surface area contributed by atoms with Gasteiger partial charge in [0.25, 0.3) is 5.91 Å². The van der Waals surface area contributed by atoms with Gasteiger partial charge in [-0.05, 0) is 28.5 Å². The number of carbonyl (C=O) groups excluding carboxylic acids is 1. The van der Waals surface area contributed by atoms with Gasteiger partial charge in [-0.25, -0.2) is 0 Å². The summed E-state index contributed by atoms with van der Waals surface area (Å²) in [6.07, 6.45) is 0. The minimum Gasteiger partial charge on any atom is -0.482 e. The molecule has 5 nitrogen and oxygen atoms in total. The predicted molar refractivity (Wildman–Crippen MR) is 81.9 cm³/mol. The highest BCUT2D eigenvalue weighted by molar-refractivity contribution is 9.10. The third-order valence-electron chi connectivity index (χ3n) is 2.59. The Morgan fingerprint density at radius 2 is 2.20 bits per heavy atom. The fraction of sp³-hybridized carbons (Fsp3) is 0.500. The number of benzene rings is 1. The second-order valence-electron chi connectivity index (χ2n) is 4.14. The van der Waals surface area contributed by atoms with Crippen LogP contribution in [-0.4, -0.2) is 39.3 Å². The molecule has 0 unspecified atom stereocenters. The molecule has 0 aliphatic carbocycles. The largest absolute Gasteiger partial charge is 0.482 e. The summed E-state index contributed by atoms with van der Waals surface area (Å²) in [7, 11) is 1.59. The van der Waals surface area contributed by atoms with Crippen LogP contribution in [0.2, 0.25) is 0 Å². The molecule has 1 aromatic rings. The zero-order valence-corrected chi connectivity index (χ0v) is 13.5. The van der Waals surface area contributed by atoms with E-state index in [1.807, 2.05) is 25.1 Å². The number of carbonyl (C=O) groups is 1. The van der Waals surface area contributed by atoms with Gasteiger partial charge in [0, 0.05) is 25.8 Å². The molecule has 0 bridgehead atoms. The number of para-hydroxylation sites is 1. The number of amides is 1. The molecule has 0 saturated heterocycles. The van der Waals surface area contributed by atoms with Crippen LogP contribution in [0.15, 0.2) is 22.7 Å². The van der Waals surface area contributed by atoms with Crippen LogP contribution in [0.1, 0.15) is 12.5 Å². The Labute approximate surface area is 128 Å². The number of hydrogen-bond donors (Lipinski definition) is 2. The molecule has 1 aromatic carbocycles. The molecule has 0 aliphatic heterocycles. The third-order valence-corrected chi connectivity index (χ3v) is 3.21. The summed E-state index contributed by atoms with van der Waals surface area (Å²) in [6.45, 7) is 4.60. The van der Waals surface area contributed by atoms with Crippen LogP contribution >= 0.6 is 15.9 Å². The summed E-state index contributed by atoms with van der Waals surface area (Å²) in [5, 5.41) is 5.96. The van der Waals surface area contributed by atoms with Gasteiger partial charge >= 0.3 is 0 Å². The number of nitrogens with one attached hydrogen (secondary N) is 2. The molecule has 0 radical (unpaired) electrons.